The molecular formula is C12H11N5OS. The molecule has 1 amide bonds. The van der Waals surface area contributed by atoms with Gasteiger partial charge in [0.2, 0.25) is 10.9 Å². The summed E-state index contributed by atoms with van der Waals surface area (Å²) in [6, 6.07) is 7.57. The Hall–Kier alpha value is -2.28. The summed E-state index contributed by atoms with van der Waals surface area (Å²) >= 11 is 1.46. The van der Waals surface area contributed by atoms with Crippen LogP contribution in [0, 0.1) is 6.92 Å². The summed E-state index contributed by atoms with van der Waals surface area (Å²) in [6.07, 6.45) is 0. The van der Waals surface area contributed by atoms with Gasteiger partial charge in [0, 0.05) is 18.2 Å². The van der Waals surface area contributed by atoms with Crippen molar-refractivity contribution in [1.29, 1.82) is 0 Å². The van der Waals surface area contributed by atoms with E-state index < -0.39 is 0 Å². The molecule has 6 nitrogen and oxygen atoms in total. The quantitative estimate of drug-likeness (QED) is 0.776. The number of amides is 1. The number of aromatic nitrogens is 4. The van der Waals surface area contributed by atoms with E-state index in [1.54, 1.807) is 4.52 Å². The Balaban J connectivity index is 2.03. The molecule has 0 atom stereocenters. The van der Waals surface area contributed by atoms with Gasteiger partial charge in [-0.15, -0.1) is 10.2 Å². The van der Waals surface area contributed by atoms with Crippen molar-refractivity contribution in [2.24, 2.45) is 0 Å². The monoisotopic (exact) mass is 273 g/mol. The Kier molecular flexibility index (Phi) is 2.75. The lowest BCUT2D eigenvalue weighted by Crippen LogP contribution is -2.05. The largest absolute Gasteiger partial charge is 0.326 e. The molecule has 0 fully saturated rings. The van der Waals surface area contributed by atoms with E-state index in [2.05, 4.69) is 20.6 Å². The van der Waals surface area contributed by atoms with Gasteiger partial charge in [-0.1, -0.05) is 23.5 Å². The number of fused-ring (bicyclic) bond motifs is 1. The number of anilines is 1. The van der Waals surface area contributed by atoms with Crippen LogP contribution in [0.5, 0.6) is 0 Å². The zero-order valence-corrected chi connectivity index (χ0v) is 11.2. The molecule has 0 radical (unpaired) electrons. The van der Waals surface area contributed by atoms with Crippen molar-refractivity contribution in [3.63, 3.8) is 0 Å². The lowest BCUT2D eigenvalue weighted by Gasteiger charge is -2.03. The Morgan fingerprint density at radius 2 is 2.21 bits per heavy atom. The third-order valence-electron chi connectivity index (χ3n) is 2.58. The Morgan fingerprint density at radius 3 is 2.95 bits per heavy atom. The first kappa shape index (κ1) is 11.8. The molecule has 0 unspecified atom stereocenters. The third kappa shape index (κ3) is 2.19. The van der Waals surface area contributed by atoms with Crippen LogP contribution in [0.2, 0.25) is 0 Å². The van der Waals surface area contributed by atoms with Gasteiger partial charge >= 0.3 is 0 Å². The van der Waals surface area contributed by atoms with Crippen molar-refractivity contribution in [1.82, 2.24) is 19.8 Å². The molecule has 3 rings (SSSR count). The van der Waals surface area contributed by atoms with Crippen LogP contribution in [0.4, 0.5) is 5.69 Å². The normalized spacial score (nSPS) is 10.8. The second-order valence-corrected chi connectivity index (χ2v) is 5.07. The molecule has 2 heterocycles. The van der Waals surface area contributed by atoms with E-state index >= 15 is 0 Å². The molecule has 7 heteroatoms. The fourth-order valence-electron chi connectivity index (χ4n) is 1.76. The third-order valence-corrected chi connectivity index (χ3v) is 3.52. The van der Waals surface area contributed by atoms with Crippen molar-refractivity contribution in [2.45, 2.75) is 13.8 Å². The van der Waals surface area contributed by atoms with Crippen LogP contribution in [-0.4, -0.2) is 25.7 Å². The van der Waals surface area contributed by atoms with Gasteiger partial charge in [-0.05, 0) is 19.1 Å². The van der Waals surface area contributed by atoms with Crippen LogP contribution in [0.3, 0.4) is 0 Å². The number of nitrogens with zero attached hydrogens (tertiary/aromatic N) is 4. The average molecular weight is 273 g/mol. The maximum atomic E-state index is 11.1. The van der Waals surface area contributed by atoms with Gasteiger partial charge in [0.1, 0.15) is 5.01 Å². The molecule has 0 aliphatic carbocycles. The zero-order valence-electron chi connectivity index (χ0n) is 10.4. The number of carbonyl (C=O) groups is 1. The van der Waals surface area contributed by atoms with Gasteiger partial charge in [-0.25, -0.2) is 0 Å². The van der Waals surface area contributed by atoms with Crippen molar-refractivity contribution in [3.05, 3.63) is 30.1 Å². The summed E-state index contributed by atoms with van der Waals surface area (Å²) in [6.45, 7) is 3.34. The van der Waals surface area contributed by atoms with Crippen molar-refractivity contribution in [2.75, 3.05) is 5.32 Å². The van der Waals surface area contributed by atoms with Gasteiger partial charge in [-0.3, -0.25) is 4.79 Å². The minimum atomic E-state index is -0.0915. The highest BCUT2D eigenvalue weighted by molar-refractivity contribution is 7.19. The number of carbonyl (C=O) groups excluding carboxylic acids is 1. The van der Waals surface area contributed by atoms with Gasteiger partial charge in [0.25, 0.3) is 0 Å². The van der Waals surface area contributed by atoms with Crippen molar-refractivity contribution in [3.8, 4) is 10.6 Å². The molecule has 0 saturated carbocycles. The number of aryl methyl sites for hydroxylation is 1. The predicted molar refractivity (Wildman–Crippen MR) is 73.1 cm³/mol. The van der Waals surface area contributed by atoms with Crippen LogP contribution in [-0.2, 0) is 4.79 Å². The summed E-state index contributed by atoms with van der Waals surface area (Å²) in [5.74, 6) is 0.668. The van der Waals surface area contributed by atoms with Crippen LogP contribution in [0.1, 0.15) is 12.7 Å². The minimum absolute atomic E-state index is 0.0915. The Labute approximate surface area is 113 Å². The van der Waals surface area contributed by atoms with E-state index in [0.717, 1.165) is 27.0 Å². The van der Waals surface area contributed by atoms with Crippen LogP contribution < -0.4 is 5.32 Å². The number of benzene rings is 1. The molecule has 0 spiro atoms. The lowest BCUT2D eigenvalue weighted by molar-refractivity contribution is -0.114. The molecule has 0 aliphatic rings. The Morgan fingerprint density at radius 1 is 1.37 bits per heavy atom. The molecule has 0 saturated heterocycles. The molecular weight excluding hydrogens is 262 g/mol. The van der Waals surface area contributed by atoms with E-state index in [1.807, 2.05) is 31.2 Å². The summed E-state index contributed by atoms with van der Waals surface area (Å²) in [7, 11) is 0. The predicted octanol–water partition coefficient (Wildman–Crippen LogP) is 2.12. The van der Waals surface area contributed by atoms with Gasteiger partial charge in [0.05, 0.1) is 0 Å². The first-order valence-corrected chi connectivity index (χ1v) is 6.52. The van der Waals surface area contributed by atoms with Crippen LogP contribution >= 0.6 is 11.3 Å². The number of rotatable bonds is 2. The minimum Gasteiger partial charge on any atom is -0.326 e. The standard InChI is InChI=1S/C12H11N5OS/c1-7-14-15-12-17(7)16-11(19-12)9-4-3-5-10(6-9)13-8(2)18/h3-6H,1-2H3,(H,13,18). The molecule has 19 heavy (non-hydrogen) atoms. The molecule has 1 aromatic carbocycles. The topological polar surface area (TPSA) is 72.2 Å². The average Bonchev–Trinajstić information content (AvgIpc) is 2.92. The lowest BCUT2D eigenvalue weighted by atomic mass is 10.2. The first-order chi connectivity index (χ1) is 9.13. The fourth-order valence-corrected chi connectivity index (χ4v) is 2.65. The SMILES string of the molecule is CC(=O)Nc1cccc(-c2nn3c(C)nnc3s2)c1. The molecule has 3 aromatic rings. The van der Waals surface area contributed by atoms with E-state index in [-0.39, 0.29) is 5.91 Å². The van der Waals surface area contributed by atoms with Crippen molar-refractivity contribution >= 4 is 27.9 Å². The smallest absolute Gasteiger partial charge is 0.234 e. The highest BCUT2D eigenvalue weighted by Gasteiger charge is 2.10. The van der Waals surface area contributed by atoms with Crippen LogP contribution in [0.25, 0.3) is 15.5 Å². The molecule has 0 aliphatic heterocycles. The Bertz CT molecular complexity index is 760. The maximum absolute atomic E-state index is 11.1. The van der Waals surface area contributed by atoms with E-state index in [4.69, 9.17) is 0 Å². The van der Waals surface area contributed by atoms with E-state index in [0.29, 0.717) is 0 Å². The highest BCUT2D eigenvalue weighted by atomic mass is 32.1. The second kappa shape index (κ2) is 4.43. The second-order valence-electron chi connectivity index (χ2n) is 4.11. The zero-order chi connectivity index (χ0) is 13.4. The maximum Gasteiger partial charge on any atom is 0.234 e. The first-order valence-electron chi connectivity index (χ1n) is 5.70. The van der Waals surface area contributed by atoms with Crippen LogP contribution in [0.15, 0.2) is 24.3 Å². The van der Waals surface area contributed by atoms with Gasteiger partial charge in [-0.2, -0.15) is 9.61 Å². The number of hydrogen-bond donors (Lipinski definition) is 1. The van der Waals surface area contributed by atoms with Gasteiger partial charge in [0.15, 0.2) is 5.82 Å². The molecule has 2 aromatic heterocycles. The van der Waals surface area contributed by atoms with E-state index in [1.165, 1.54) is 18.3 Å². The summed E-state index contributed by atoms with van der Waals surface area (Å²) in [5, 5.41) is 16.1. The summed E-state index contributed by atoms with van der Waals surface area (Å²) in [4.78, 5) is 11.8. The number of hydrogen-bond acceptors (Lipinski definition) is 5. The molecule has 0 bridgehead atoms. The summed E-state index contributed by atoms with van der Waals surface area (Å²) in [5.41, 5.74) is 1.70. The number of nitrogens with one attached hydrogen (secondary N) is 1. The molecule has 1 N–H and O–H groups in total. The van der Waals surface area contributed by atoms with Crippen molar-refractivity contribution < 1.29 is 4.79 Å². The highest BCUT2D eigenvalue weighted by Crippen LogP contribution is 2.27. The summed E-state index contributed by atoms with van der Waals surface area (Å²) < 4.78 is 1.71. The fraction of sp³-hybridized carbons (Fsp3) is 0.167. The van der Waals surface area contributed by atoms with E-state index in [9.17, 15) is 4.79 Å². The molecule has 96 valence electrons. The van der Waals surface area contributed by atoms with Gasteiger partial charge < -0.3 is 5.32 Å².